The maximum absolute atomic E-state index is 12.3. The van der Waals surface area contributed by atoms with E-state index in [1.165, 1.54) is 0 Å². The molecule has 1 aliphatic heterocycles. The first-order valence-electron chi connectivity index (χ1n) is 7.34. The minimum absolute atomic E-state index is 0. The van der Waals surface area contributed by atoms with E-state index in [2.05, 4.69) is 0 Å². The fourth-order valence-electron chi connectivity index (χ4n) is 2.73. The SMILES string of the molecule is CC(N)C1CCCN(C(=O)CCc2ccc(Cl)cc2)C1.Cl. The average Bonchev–Trinajstić information content (AvgIpc) is 2.46. The van der Waals surface area contributed by atoms with Crippen LogP contribution in [0, 0.1) is 5.92 Å². The molecule has 5 heteroatoms. The van der Waals surface area contributed by atoms with Crippen molar-refractivity contribution in [3.8, 4) is 0 Å². The summed E-state index contributed by atoms with van der Waals surface area (Å²) in [6.45, 7) is 3.73. The van der Waals surface area contributed by atoms with Crippen LogP contribution in [0.5, 0.6) is 0 Å². The summed E-state index contributed by atoms with van der Waals surface area (Å²) < 4.78 is 0. The van der Waals surface area contributed by atoms with Gasteiger partial charge >= 0.3 is 0 Å². The number of rotatable bonds is 4. The van der Waals surface area contributed by atoms with Gasteiger partial charge in [-0.25, -0.2) is 0 Å². The molecule has 0 aromatic heterocycles. The molecule has 1 fully saturated rings. The standard InChI is InChI=1S/C16H23ClN2O.ClH/c1-12(18)14-3-2-10-19(11-14)16(20)9-6-13-4-7-15(17)8-5-13;/h4-5,7-8,12,14H,2-3,6,9-11,18H2,1H3;1H. The molecular weight excluding hydrogens is 307 g/mol. The van der Waals surface area contributed by atoms with Gasteiger partial charge in [-0.3, -0.25) is 4.79 Å². The topological polar surface area (TPSA) is 46.3 Å². The van der Waals surface area contributed by atoms with Gasteiger partial charge in [-0.05, 0) is 49.8 Å². The summed E-state index contributed by atoms with van der Waals surface area (Å²) in [6, 6.07) is 7.87. The summed E-state index contributed by atoms with van der Waals surface area (Å²) in [5.41, 5.74) is 7.11. The van der Waals surface area contributed by atoms with E-state index in [4.69, 9.17) is 17.3 Å². The van der Waals surface area contributed by atoms with Crippen LogP contribution in [0.15, 0.2) is 24.3 Å². The van der Waals surface area contributed by atoms with E-state index >= 15 is 0 Å². The van der Waals surface area contributed by atoms with Crippen LogP contribution < -0.4 is 5.73 Å². The van der Waals surface area contributed by atoms with E-state index in [9.17, 15) is 4.79 Å². The second-order valence-corrected chi connectivity index (χ2v) is 6.16. The minimum atomic E-state index is 0. The number of nitrogens with zero attached hydrogens (tertiary/aromatic N) is 1. The molecule has 1 aromatic carbocycles. The van der Waals surface area contributed by atoms with Gasteiger partial charge in [0.15, 0.2) is 0 Å². The summed E-state index contributed by atoms with van der Waals surface area (Å²) in [4.78, 5) is 14.2. The Bertz CT molecular complexity index is 448. The van der Waals surface area contributed by atoms with Crippen LogP contribution in [0.25, 0.3) is 0 Å². The van der Waals surface area contributed by atoms with E-state index in [0.29, 0.717) is 12.3 Å². The Balaban J connectivity index is 0.00000220. The summed E-state index contributed by atoms with van der Waals surface area (Å²) in [5, 5.41) is 0.732. The van der Waals surface area contributed by atoms with Gasteiger partial charge in [-0.15, -0.1) is 12.4 Å². The zero-order valence-corrected chi connectivity index (χ0v) is 14.0. The van der Waals surface area contributed by atoms with Crippen molar-refractivity contribution in [2.24, 2.45) is 11.7 Å². The number of carbonyl (C=O) groups is 1. The first-order valence-corrected chi connectivity index (χ1v) is 7.72. The molecule has 2 rings (SSSR count). The lowest BCUT2D eigenvalue weighted by Crippen LogP contribution is -2.45. The predicted octanol–water partition coefficient (Wildman–Crippen LogP) is 3.28. The van der Waals surface area contributed by atoms with Gasteiger partial charge in [0.25, 0.3) is 0 Å². The molecule has 0 bridgehead atoms. The molecule has 0 radical (unpaired) electrons. The van der Waals surface area contributed by atoms with Crippen LogP contribution in [0.4, 0.5) is 0 Å². The highest BCUT2D eigenvalue weighted by atomic mass is 35.5. The molecule has 1 aliphatic rings. The van der Waals surface area contributed by atoms with E-state index in [1.54, 1.807) is 0 Å². The largest absolute Gasteiger partial charge is 0.342 e. The van der Waals surface area contributed by atoms with Crippen LogP contribution in [-0.2, 0) is 11.2 Å². The monoisotopic (exact) mass is 330 g/mol. The third-order valence-corrected chi connectivity index (χ3v) is 4.35. The molecular formula is C16H24Cl2N2O. The van der Waals surface area contributed by atoms with Gasteiger partial charge in [-0.1, -0.05) is 23.7 Å². The highest BCUT2D eigenvalue weighted by Gasteiger charge is 2.25. The van der Waals surface area contributed by atoms with Crippen molar-refractivity contribution in [3.05, 3.63) is 34.9 Å². The molecule has 1 amide bonds. The molecule has 21 heavy (non-hydrogen) atoms. The lowest BCUT2D eigenvalue weighted by molar-refractivity contribution is -0.133. The maximum atomic E-state index is 12.3. The van der Waals surface area contributed by atoms with Gasteiger partial charge in [0.2, 0.25) is 5.91 Å². The lowest BCUT2D eigenvalue weighted by Gasteiger charge is -2.34. The van der Waals surface area contributed by atoms with Crippen molar-refractivity contribution < 1.29 is 4.79 Å². The zero-order chi connectivity index (χ0) is 14.5. The van der Waals surface area contributed by atoms with Crippen molar-refractivity contribution in [2.45, 2.75) is 38.6 Å². The zero-order valence-electron chi connectivity index (χ0n) is 12.4. The highest BCUT2D eigenvalue weighted by Crippen LogP contribution is 2.20. The minimum Gasteiger partial charge on any atom is -0.342 e. The Kier molecular flexibility index (Phi) is 7.50. The van der Waals surface area contributed by atoms with Crippen LogP contribution in [0.3, 0.4) is 0 Å². The number of hydrogen-bond acceptors (Lipinski definition) is 2. The number of nitrogens with two attached hydrogens (primary N) is 1. The normalized spacial score (nSPS) is 19.8. The average molecular weight is 331 g/mol. The lowest BCUT2D eigenvalue weighted by atomic mass is 9.92. The highest BCUT2D eigenvalue weighted by molar-refractivity contribution is 6.30. The molecule has 2 N–H and O–H groups in total. The molecule has 118 valence electrons. The molecule has 3 nitrogen and oxygen atoms in total. The fourth-order valence-corrected chi connectivity index (χ4v) is 2.85. The van der Waals surface area contributed by atoms with Crippen LogP contribution in [0.1, 0.15) is 31.7 Å². The predicted molar refractivity (Wildman–Crippen MR) is 90.0 cm³/mol. The number of aryl methyl sites for hydroxylation is 1. The van der Waals surface area contributed by atoms with Crippen molar-refractivity contribution in [3.63, 3.8) is 0 Å². The van der Waals surface area contributed by atoms with Crippen LogP contribution in [0.2, 0.25) is 5.02 Å². The third kappa shape index (κ3) is 5.50. The second-order valence-electron chi connectivity index (χ2n) is 5.73. The van der Waals surface area contributed by atoms with Gasteiger partial charge in [0.1, 0.15) is 0 Å². The first-order chi connectivity index (χ1) is 9.56. The van der Waals surface area contributed by atoms with E-state index in [0.717, 1.165) is 42.9 Å². The van der Waals surface area contributed by atoms with Gasteiger partial charge in [0, 0.05) is 30.6 Å². The van der Waals surface area contributed by atoms with Crippen molar-refractivity contribution in [1.29, 1.82) is 0 Å². The Morgan fingerprint density at radius 3 is 2.71 bits per heavy atom. The van der Waals surface area contributed by atoms with E-state index in [1.807, 2.05) is 36.1 Å². The number of halogens is 2. The van der Waals surface area contributed by atoms with Crippen LogP contribution in [-0.4, -0.2) is 29.9 Å². The van der Waals surface area contributed by atoms with E-state index in [-0.39, 0.29) is 24.4 Å². The Labute approximate surface area is 138 Å². The van der Waals surface area contributed by atoms with Gasteiger partial charge in [0.05, 0.1) is 0 Å². The molecule has 1 aromatic rings. The smallest absolute Gasteiger partial charge is 0.222 e. The van der Waals surface area contributed by atoms with Gasteiger partial charge < -0.3 is 10.6 Å². The number of benzene rings is 1. The number of hydrogen-bond donors (Lipinski definition) is 1. The number of carbonyl (C=O) groups excluding carboxylic acids is 1. The molecule has 0 saturated carbocycles. The maximum Gasteiger partial charge on any atom is 0.222 e. The molecule has 2 unspecified atom stereocenters. The number of likely N-dealkylation sites (tertiary alicyclic amines) is 1. The summed E-state index contributed by atoms with van der Waals surface area (Å²) in [7, 11) is 0. The number of amides is 1. The fraction of sp³-hybridized carbons (Fsp3) is 0.562. The van der Waals surface area contributed by atoms with Crippen LogP contribution >= 0.6 is 24.0 Å². The second kappa shape index (κ2) is 8.62. The molecule has 0 aliphatic carbocycles. The van der Waals surface area contributed by atoms with Crippen molar-refractivity contribution in [2.75, 3.05) is 13.1 Å². The first kappa shape index (κ1) is 18.3. The quantitative estimate of drug-likeness (QED) is 0.920. The van der Waals surface area contributed by atoms with Gasteiger partial charge in [-0.2, -0.15) is 0 Å². The Morgan fingerprint density at radius 2 is 2.10 bits per heavy atom. The Hall–Kier alpha value is -0.770. The summed E-state index contributed by atoms with van der Waals surface area (Å²) in [6.07, 6.45) is 3.54. The number of piperidine rings is 1. The molecule has 1 saturated heterocycles. The Morgan fingerprint density at radius 1 is 1.43 bits per heavy atom. The molecule has 2 atom stereocenters. The molecule has 0 spiro atoms. The van der Waals surface area contributed by atoms with Crippen molar-refractivity contribution >= 4 is 29.9 Å². The van der Waals surface area contributed by atoms with E-state index < -0.39 is 0 Å². The third-order valence-electron chi connectivity index (χ3n) is 4.09. The molecule has 1 heterocycles. The van der Waals surface area contributed by atoms with Crippen molar-refractivity contribution in [1.82, 2.24) is 4.90 Å². The summed E-state index contributed by atoms with van der Waals surface area (Å²) >= 11 is 5.85. The summed E-state index contributed by atoms with van der Waals surface area (Å²) in [5.74, 6) is 0.688.